The molecule has 0 saturated carbocycles. The molecule has 0 unspecified atom stereocenters. The molecule has 1 aromatic heterocycles. The lowest BCUT2D eigenvalue weighted by molar-refractivity contribution is 0.660. The van der Waals surface area contributed by atoms with E-state index in [-0.39, 0.29) is 5.41 Å². The lowest BCUT2D eigenvalue weighted by atomic mass is 9.80. The summed E-state index contributed by atoms with van der Waals surface area (Å²) in [5.41, 5.74) is 12.7. The maximum Gasteiger partial charge on any atom is 0.125 e. The van der Waals surface area contributed by atoms with Crippen molar-refractivity contribution in [2.75, 3.05) is 0 Å². The van der Waals surface area contributed by atoms with Gasteiger partial charge in [0, 0.05) is 11.0 Å². The van der Waals surface area contributed by atoms with Crippen LogP contribution in [0.4, 0.5) is 0 Å². The van der Waals surface area contributed by atoms with E-state index < -0.39 is 0 Å². The summed E-state index contributed by atoms with van der Waals surface area (Å²) in [6, 6.07) is 51.1. The first-order valence-electron chi connectivity index (χ1n) is 15.2. The van der Waals surface area contributed by atoms with E-state index in [1.807, 2.05) is 0 Å². The fraction of sp³-hybridized carbons (Fsp3) is 0.0714. The predicted molar refractivity (Wildman–Crippen MR) is 189 cm³/mol. The highest BCUT2D eigenvalue weighted by molar-refractivity contribution is 7.21. The summed E-state index contributed by atoms with van der Waals surface area (Å²) in [4.78, 5) is 5.17. The number of aromatic nitrogens is 1. The quantitative estimate of drug-likeness (QED) is 0.190. The van der Waals surface area contributed by atoms with Gasteiger partial charge in [-0.3, -0.25) is 0 Å². The molecule has 1 nitrogen and oxygen atoms in total. The van der Waals surface area contributed by atoms with Crippen LogP contribution in [-0.4, -0.2) is 4.98 Å². The second-order valence-electron chi connectivity index (χ2n) is 12.3. The number of fused-ring (bicyclic) bond motifs is 6. The van der Waals surface area contributed by atoms with Gasteiger partial charge >= 0.3 is 0 Å². The van der Waals surface area contributed by atoms with Crippen molar-refractivity contribution in [3.63, 3.8) is 0 Å². The van der Waals surface area contributed by atoms with Gasteiger partial charge in [0.25, 0.3) is 0 Å². The Labute approximate surface area is 261 Å². The first-order chi connectivity index (χ1) is 21.6. The van der Waals surface area contributed by atoms with Crippen molar-refractivity contribution >= 4 is 43.1 Å². The molecule has 0 amide bonds. The normalized spacial score (nSPS) is 13.4. The van der Waals surface area contributed by atoms with E-state index in [4.69, 9.17) is 4.98 Å². The molecular formula is C42H29NS. The van der Waals surface area contributed by atoms with E-state index >= 15 is 0 Å². The predicted octanol–water partition coefficient (Wildman–Crippen LogP) is 11.9. The molecule has 0 fully saturated rings. The van der Waals surface area contributed by atoms with Gasteiger partial charge in [-0.2, -0.15) is 0 Å². The number of nitrogens with zero attached hydrogens (tertiary/aromatic N) is 1. The highest BCUT2D eigenvalue weighted by Gasteiger charge is 2.35. The van der Waals surface area contributed by atoms with Gasteiger partial charge in [-0.15, -0.1) is 11.3 Å². The zero-order valence-electron chi connectivity index (χ0n) is 24.6. The van der Waals surface area contributed by atoms with Crippen molar-refractivity contribution < 1.29 is 0 Å². The van der Waals surface area contributed by atoms with E-state index in [0.717, 1.165) is 10.5 Å². The molecule has 9 rings (SSSR count). The average Bonchev–Trinajstić information content (AvgIpc) is 3.60. The molecule has 7 aromatic carbocycles. The summed E-state index contributed by atoms with van der Waals surface area (Å²) in [7, 11) is 0. The average molecular weight is 580 g/mol. The molecule has 1 aliphatic rings. The maximum atomic E-state index is 5.17. The summed E-state index contributed by atoms with van der Waals surface area (Å²) in [5.74, 6) is 0. The Morgan fingerprint density at radius 3 is 1.98 bits per heavy atom. The third kappa shape index (κ3) is 3.68. The summed E-state index contributed by atoms with van der Waals surface area (Å²) in [5, 5.41) is 6.06. The van der Waals surface area contributed by atoms with Crippen LogP contribution in [0, 0.1) is 0 Å². The Kier molecular flexibility index (Phi) is 5.48. The fourth-order valence-electron chi connectivity index (χ4n) is 7.37. The van der Waals surface area contributed by atoms with Crippen LogP contribution in [-0.2, 0) is 5.41 Å². The smallest absolute Gasteiger partial charge is 0.125 e. The third-order valence-corrected chi connectivity index (χ3v) is 10.6. The molecule has 0 spiro atoms. The summed E-state index contributed by atoms with van der Waals surface area (Å²) in [6.45, 7) is 4.72. The molecule has 44 heavy (non-hydrogen) atoms. The number of hydrogen-bond acceptors (Lipinski definition) is 2. The Bertz CT molecular complexity index is 2380. The first kappa shape index (κ1) is 25.4. The SMILES string of the molecule is CC1(C)c2ccccc2-c2ccc(-c3c4ccccc4c(-c4nc5ccccc5s4)c4ccc(-c5ccccc5)cc34)cc21. The van der Waals surface area contributed by atoms with E-state index in [1.54, 1.807) is 11.3 Å². The van der Waals surface area contributed by atoms with E-state index in [9.17, 15) is 0 Å². The van der Waals surface area contributed by atoms with Crippen LogP contribution in [0.1, 0.15) is 25.0 Å². The van der Waals surface area contributed by atoms with E-state index in [0.29, 0.717) is 0 Å². The van der Waals surface area contributed by atoms with Crippen molar-refractivity contribution in [1.82, 2.24) is 4.98 Å². The van der Waals surface area contributed by atoms with Crippen LogP contribution in [0.5, 0.6) is 0 Å². The van der Waals surface area contributed by atoms with Crippen LogP contribution in [0.15, 0.2) is 140 Å². The van der Waals surface area contributed by atoms with Crippen molar-refractivity contribution in [3.8, 4) is 44.0 Å². The van der Waals surface area contributed by atoms with Crippen molar-refractivity contribution in [2.24, 2.45) is 0 Å². The molecule has 1 aliphatic carbocycles. The number of para-hydroxylation sites is 1. The second-order valence-corrected chi connectivity index (χ2v) is 13.4. The van der Waals surface area contributed by atoms with Crippen molar-refractivity contribution in [3.05, 3.63) is 151 Å². The van der Waals surface area contributed by atoms with Gasteiger partial charge in [-0.25, -0.2) is 4.98 Å². The van der Waals surface area contributed by atoms with E-state index in [1.165, 1.54) is 76.3 Å². The molecule has 0 saturated heterocycles. The summed E-state index contributed by atoms with van der Waals surface area (Å²) in [6.07, 6.45) is 0. The number of thiazole rings is 1. The molecule has 208 valence electrons. The molecule has 1 heterocycles. The second kappa shape index (κ2) is 9.47. The first-order valence-corrected chi connectivity index (χ1v) is 16.0. The lowest BCUT2D eigenvalue weighted by Crippen LogP contribution is -2.14. The van der Waals surface area contributed by atoms with Gasteiger partial charge < -0.3 is 0 Å². The molecule has 0 radical (unpaired) electrons. The van der Waals surface area contributed by atoms with Gasteiger partial charge in [0.1, 0.15) is 5.01 Å². The van der Waals surface area contributed by atoms with Crippen LogP contribution >= 0.6 is 11.3 Å². The van der Waals surface area contributed by atoms with Crippen LogP contribution in [0.25, 0.3) is 75.7 Å². The summed E-state index contributed by atoms with van der Waals surface area (Å²) >= 11 is 1.78. The Balaban J connectivity index is 1.39. The topological polar surface area (TPSA) is 12.9 Å². The van der Waals surface area contributed by atoms with Crippen LogP contribution in [0.3, 0.4) is 0 Å². The lowest BCUT2D eigenvalue weighted by Gasteiger charge is -2.23. The zero-order chi connectivity index (χ0) is 29.4. The largest absolute Gasteiger partial charge is 0.236 e. The van der Waals surface area contributed by atoms with Crippen molar-refractivity contribution in [1.29, 1.82) is 0 Å². The van der Waals surface area contributed by atoms with Gasteiger partial charge in [0.05, 0.1) is 10.2 Å². The van der Waals surface area contributed by atoms with Gasteiger partial charge in [0.2, 0.25) is 0 Å². The monoisotopic (exact) mass is 579 g/mol. The number of rotatable bonds is 3. The number of hydrogen-bond donors (Lipinski definition) is 0. The van der Waals surface area contributed by atoms with E-state index in [2.05, 4.69) is 153 Å². The van der Waals surface area contributed by atoms with Gasteiger partial charge in [0.15, 0.2) is 0 Å². The van der Waals surface area contributed by atoms with Crippen molar-refractivity contribution in [2.45, 2.75) is 19.3 Å². The molecule has 0 N–H and O–H groups in total. The molecule has 0 atom stereocenters. The molecule has 0 bridgehead atoms. The van der Waals surface area contributed by atoms with Crippen LogP contribution < -0.4 is 0 Å². The third-order valence-electron chi connectivity index (χ3n) is 9.51. The molecule has 0 aliphatic heterocycles. The fourth-order valence-corrected chi connectivity index (χ4v) is 8.41. The standard InChI is InChI=1S/C42H29NS/c1-42(2)35-17-9-8-14-29(35)30-22-21-28(25-36(30)42)39-31-15-6-7-16-32(31)40(41-43-37-18-10-11-19-38(37)44-41)33-23-20-27(24-34(33)39)26-12-4-3-5-13-26/h3-25H,1-2H3. The van der Waals surface area contributed by atoms with Crippen LogP contribution in [0.2, 0.25) is 0 Å². The minimum atomic E-state index is -0.0658. The van der Waals surface area contributed by atoms with Gasteiger partial charge in [-0.1, -0.05) is 129 Å². The minimum absolute atomic E-state index is 0.0658. The Hall–Kier alpha value is -5.05. The maximum absolute atomic E-state index is 5.17. The summed E-state index contributed by atoms with van der Waals surface area (Å²) < 4.78 is 1.21. The Morgan fingerprint density at radius 2 is 1.14 bits per heavy atom. The molecule has 8 aromatic rings. The molecule has 2 heteroatoms. The molecular weight excluding hydrogens is 551 g/mol. The number of benzene rings is 7. The highest BCUT2D eigenvalue weighted by atomic mass is 32.1. The minimum Gasteiger partial charge on any atom is -0.236 e. The Morgan fingerprint density at radius 1 is 0.477 bits per heavy atom. The zero-order valence-corrected chi connectivity index (χ0v) is 25.5. The van der Waals surface area contributed by atoms with Gasteiger partial charge in [-0.05, 0) is 90.3 Å². The highest BCUT2D eigenvalue weighted by Crippen LogP contribution is 2.51.